The van der Waals surface area contributed by atoms with Gasteiger partial charge in [-0.15, -0.1) is 0 Å². The fourth-order valence-corrected chi connectivity index (χ4v) is 2.76. The van der Waals surface area contributed by atoms with Gasteiger partial charge in [-0.3, -0.25) is 19.6 Å². The molecule has 0 amide bonds. The second-order valence-electron chi connectivity index (χ2n) is 5.73. The van der Waals surface area contributed by atoms with Crippen LogP contribution in [-0.2, 0) is 6.54 Å². The van der Waals surface area contributed by atoms with Crippen LogP contribution in [0.4, 0.5) is 5.69 Å². The summed E-state index contributed by atoms with van der Waals surface area (Å²) in [6.45, 7) is 4.56. The molecule has 0 fully saturated rings. The topological polar surface area (TPSA) is 83.0 Å². The molecule has 0 unspecified atom stereocenters. The number of allylic oxidation sites excluding steroid dienone is 1. The maximum absolute atomic E-state index is 12.4. The average molecular weight is 350 g/mol. The second-order valence-corrected chi connectivity index (χ2v) is 5.73. The largest absolute Gasteiger partial charge is 0.317 e. The Kier molecular flexibility index (Phi) is 4.79. The van der Waals surface area contributed by atoms with E-state index in [0.717, 1.165) is 17.1 Å². The first-order valence-electron chi connectivity index (χ1n) is 8.18. The molecule has 7 nitrogen and oxygen atoms in total. The number of benzene rings is 1. The smallest absolute Gasteiger partial charge is 0.269 e. The Morgan fingerprint density at radius 2 is 2.00 bits per heavy atom. The molecule has 0 saturated carbocycles. The number of nitro groups is 1. The highest BCUT2D eigenvalue weighted by Gasteiger charge is 2.11. The molecule has 3 rings (SSSR count). The molecule has 0 saturated heterocycles. The third kappa shape index (κ3) is 3.32. The van der Waals surface area contributed by atoms with Crippen molar-refractivity contribution in [2.24, 2.45) is 0 Å². The van der Waals surface area contributed by atoms with Crippen molar-refractivity contribution >= 4 is 17.5 Å². The zero-order valence-corrected chi connectivity index (χ0v) is 14.5. The Hall–Kier alpha value is -3.48. The summed E-state index contributed by atoms with van der Waals surface area (Å²) >= 11 is 0. The molecule has 3 aromatic rings. The lowest BCUT2D eigenvalue weighted by molar-refractivity contribution is -0.384. The van der Waals surface area contributed by atoms with Gasteiger partial charge in [0.05, 0.1) is 16.7 Å². The Labute approximate surface area is 150 Å². The van der Waals surface area contributed by atoms with Crippen LogP contribution in [0, 0.1) is 17.0 Å². The van der Waals surface area contributed by atoms with Gasteiger partial charge in [-0.25, -0.2) is 0 Å². The van der Waals surface area contributed by atoms with E-state index in [9.17, 15) is 14.9 Å². The second kappa shape index (κ2) is 7.18. The van der Waals surface area contributed by atoms with Gasteiger partial charge in [-0.2, -0.15) is 5.10 Å². The van der Waals surface area contributed by atoms with Crippen LogP contribution in [0.2, 0.25) is 0 Å². The number of rotatable bonds is 6. The predicted molar refractivity (Wildman–Crippen MR) is 98.4 cm³/mol. The molecule has 132 valence electrons. The summed E-state index contributed by atoms with van der Waals surface area (Å²) in [5.74, 6) is -0.112. The Balaban J connectivity index is 1.84. The fraction of sp³-hybridized carbons (Fsp3) is 0.158. The minimum absolute atomic E-state index is 0.0385. The minimum Gasteiger partial charge on any atom is -0.317 e. The Morgan fingerprint density at radius 1 is 1.27 bits per heavy atom. The molecule has 0 atom stereocenters. The highest BCUT2D eigenvalue weighted by atomic mass is 16.6. The van der Waals surface area contributed by atoms with E-state index in [1.807, 2.05) is 36.7 Å². The molecule has 0 aliphatic carbocycles. The zero-order valence-electron chi connectivity index (χ0n) is 14.5. The molecular weight excluding hydrogens is 332 g/mol. The molecule has 7 heteroatoms. The van der Waals surface area contributed by atoms with Crippen LogP contribution in [0.5, 0.6) is 0 Å². The van der Waals surface area contributed by atoms with Crippen molar-refractivity contribution in [1.82, 2.24) is 14.3 Å². The van der Waals surface area contributed by atoms with E-state index >= 15 is 0 Å². The van der Waals surface area contributed by atoms with E-state index in [4.69, 9.17) is 0 Å². The SMILES string of the molecule is CCn1ncc(C(=O)/C=C/c2cccn2-c2ccc([N+](=O)[O-])cc2)c1C. The molecule has 0 spiro atoms. The van der Waals surface area contributed by atoms with Crippen LogP contribution < -0.4 is 0 Å². The first-order chi connectivity index (χ1) is 12.5. The van der Waals surface area contributed by atoms with E-state index in [2.05, 4.69) is 5.10 Å². The van der Waals surface area contributed by atoms with Gasteiger partial charge in [0.15, 0.2) is 5.78 Å². The lowest BCUT2D eigenvalue weighted by Crippen LogP contribution is -2.02. The number of carbonyl (C=O) groups excluding carboxylic acids is 1. The number of aryl methyl sites for hydroxylation is 1. The third-order valence-electron chi connectivity index (χ3n) is 4.19. The van der Waals surface area contributed by atoms with E-state index < -0.39 is 4.92 Å². The molecule has 2 aromatic heterocycles. The van der Waals surface area contributed by atoms with Crippen molar-refractivity contribution < 1.29 is 9.72 Å². The van der Waals surface area contributed by atoms with E-state index in [-0.39, 0.29) is 11.5 Å². The maximum atomic E-state index is 12.4. The summed E-state index contributed by atoms with van der Waals surface area (Å²) < 4.78 is 3.64. The summed E-state index contributed by atoms with van der Waals surface area (Å²) in [6.07, 6.45) is 6.67. The summed E-state index contributed by atoms with van der Waals surface area (Å²) in [4.78, 5) is 22.8. The average Bonchev–Trinajstić information content (AvgIpc) is 3.26. The van der Waals surface area contributed by atoms with Gasteiger partial charge in [-0.05, 0) is 50.3 Å². The summed E-state index contributed by atoms with van der Waals surface area (Å²) in [6, 6.07) is 9.98. The van der Waals surface area contributed by atoms with Gasteiger partial charge in [0, 0.05) is 41.9 Å². The van der Waals surface area contributed by atoms with Crippen LogP contribution in [0.15, 0.2) is 54.9 Å². The van der Waals surface area contributed by atoms with Crippen molar-refractivity contribution in [2.75, 3.05) is 0 Å². The van der Waals surface area contributed by atoms with Gasteiger partial charge >= 0.3 is 0 Å². The fourth-order valence-electron chi connectivity index (χ4n) is 2.76. The van der Waals surface area contributed by atoms with Gasteiger partial charge in [0.25, 0.3) is 5.69 Å². The molecule has 0 N–H and O–H groups in total. The molecule has 0 aliphatic rings. The molecule has 2 heterocycles. The number of hydrogen-bond acceptors (Lipinski definition) is 4. The van der Waals surface area contributed by atoms with Crippen LogP contribution in [0.1, 0.15) is 28.7 Å². The number of nitrogens with zero attached hydrogens (tertiary/aromatic N) is 4. The number of aromatic nitrogens is 3. The quantitative estimate of drug-likeness (QED) is 0.293. The monoisotopic (exact) mass is 350 g/mol. The van der Waals surface area contributed by atoms with E-state index in [1.165, 1.54) is 18.2 Å². The Bertz CT molecular complexity index is 981. The maximum Gasteiger partial charge on any atom is 0.269 e. The number of nitro benzene ring substituents is 1. The van der Waals surface area contributed by atoms with Gasteiger partial charge in [0.1, 0.15) is 0 Å². The first kappa shape index (κ1) is 17.3. The number of non-ortho nitro benzene ring substituents is 1. The van der Waals surface area contributed by atoms with Gasteiger partial charge < -0.3 is 4.57 Å². The molecular formula is C19H18N4O3. The molecule has 26 heavy (non-hydrogen) atoms. The highest BCUT2D eigenvalue weighted by molar-refractivity contribution is 6.07. The highest BCUT2D eigenvalue weighted by Crippen LogP contribution is 2.18. The van der Waals surface area contributed by atoms with Crippen molar-refractivity contribution in [2.45, 2.75) is 20.4 Å². The van der Waals surface area contributed by atoms with E-state index in [0.29, 0.717) is 12.1 Å². The summed E-state index contributed by atoms with van der Waals surface area (Å²) in [7, 11) is 0. The molecule has 0 bridgehead atoms. The number of ketones is 1. The molecule has 1 aromatic carbocycles. The first-order valence-corrected chi connectivity index (χ1v) is 8.18. The van der Waals surface area contributed by atoms with Crippen molar-refractivity contribution in [1.29, 1.82) is 0 Å². The standard InChI is InChI=1S/C19H18N4O3/c1-3-22-14(2)18(13-20-22)19(24)11-10-15-5-4-12-21(15)16-6-8-17(9-7-16)23(25)26/h4-13H,3H2,1-2H3/b11-10+. The molecule has 0 radical (unpaired) electrons. The predicted octanol–water partition coefficient (Wildman–Crippen LogP) is 3.81. The molecule has 0 aliphatic heterocycles. The lowest BCUT2D eigenvalue weighted by Gasteiger charge is -2.06. The van der Waals surface area contributed by atoms with Crippen LogP contribution in [-0.4, -0.2) is 25.1 Å². The third-order valence-corrected chi connectivity index (χ3v) is 4.19. The summed E-state index contributed by atoms with van der Waals surface area (Å²) in [5.41, 5.74) is 3.04. The van der Waals surface area contributed by atoms with Crippen molar-refractivity contribution in [3.63, 3.8) is 0 Å². The number of hydrogen-bond donors (Lipinski definition) is 0. The van der Waals surface area contributed by atoms with Crippen LogP contribution in [0.25, 0.3) is 11.8 Å². The number of carbonyl (C=O) groups is 1. The van der Waals surface area contributed by atoms with Crippen molar-refractivity contribution in [3.8, 4) is 5.69 Å². The normalized spacial score (nSPS) is 11.2. The lowest BCUT2D eigenvalue weighted by atomic mass is 10.1. The van der Waals surface area contributed by atoms with Crippen LogP contribution in [0.3, 0.4) is 0 Å². The minimum atomic E-state index is -0.433. The van der Waals surface area contributed by atoms with Crippen LogP contribution >= 0.6 is 0 Å². The Morgan fingerprint density at radius 3 is 2.62 bits per heavy atom. The van der Waals surface area contributed by atoms with Gasteiger partial charge in [0.2, 0.25) is 0 Å². The van der Waals surface area contributed by atoms with E-state index in [1.54, 1.807) is 29.1 Å². The zero-order chi connectivity index (χ0) is 18.7. The van der Waals surface area contributed by atoms with Crippen molar-refractivity contribution in [3.05, 3.63) is 81.9 Å². The van der Waals surface area contributed by atoms with Gasteiger partial charge in [-0.1, -0.05) is 0 Å². The summed E-state index contributed by atoms with van der Waals surface area (Å²) in [5, 5.41) is 15.0.